The van der Waals surface area contributed by atoms with Gasteiger partial charge in [-0.3, -0.25) is 0 Å². The Balaban J connectivity index is 0.00000208. The van der Waals surface area contributed by atoms with E-state index < -0.39 is 0 Å². The smallest absolute Gasteiger partial charge is 0.134 e. The molecule has 0 spiro atoms. The van der Waals surface area contributed by atoms with E-state index in [1.54, 1.807) is 7.11 Å². The molecule has 0 aliphatic heterocycles. The molecule has 0 fully saturated rings. The molecule has 0 unspecified atom stereocenters. The molecule has 0 saturated heterocycles. The number of ether oxygens (including phenoxy) is 1. The maximum atomic E-state index is 5.90. The number of furan rings is 1. The van der Waals surface area contributed by atoms with Gasteiger partial charge in [-0.1, -0.05) is 46.3 Å². The summed E-state index contributed by atoms with van der Waals surface area (Å²) >= 11 is 3.44. The highest BCUT2D eigenvalue weighted by Gasteiger charge is 2.06. The lowest BCUT2D eigenvalue weighted by Gasteiger charge is -2.08. The van der Waals surface area contributed by atoms with Crippen LogP contribution >= 0.6 is 28.3 Å². The number of halogens is 2. The Bertz CT molecular complexity index is 771. The SMILES string of the molecule is COc1ccccc1CNCc1ccc(-c2ccc(Br)cc2)o1.Cl. The van der Waals surface area contributed by atoms with Crippen molar-refractivity contribution in [1.29, 1.82) is 0 Å². The van der Waals surface area contributed by atoms with Crippen LogP contribution in [0.15, 0.2) is 69.6 Å². The minimum atomic E-state index is 0. The third-order valence-corrected chi connectivity index (χ3v) is 4.13. The van der Waals surface area contributed by atoms with Gasteiger partial charge in [0.2, 0.25) is 0 Å². The maximum absolute atomic E-state index is 5.90. The number of hydrogen-bond donors (Lipinski definition) is 1. The first-order chi connectivity index (χ1) is 11.3. The molecule has 0 saturated carbocycles. The molecule has 0 atom stereocenters. The zero-order chi connectivity index (χ0) is 16.1. The maximum Gasteiger partial charge on any atom is 0.134 e. The van der Waals surface area contributed by atoms with Crippen molar-refractivity contribution < 1.29 is 9.15 Å². The van der Waals surface area contributed by atoms with Crippen LogP contribution in [0.4, 0.5) is 0 Å². The van der Waals surface area contributed by atoms with Crippen LogP contribution in [0.25, 0.3) is 11.3 Å². The van der Waals surface area contributed by atoms with E-state index in [4.69, 9.17) is 9.15 Å². The molecule has 0 amide bonds. The van der Waals surface area contributed by atoms with Crippen LogP contribution < -0.4 is 10.1 Å². The summed E-state index contributed by atoms with van der Waals surface area (Å²) in [7, 11) is 1.69. The lowest BCUT2D eigenvalue weighted by molar-refractivity contribution is 0.406. The molecule has 1 N–H and O–H groups in total. The van der Waals surface area contributed by atoms with Crippen molar-refractivity contribution in [3.8, 4) is 17.1 Å². The first kappa shape index (κ1) is 18.6. The van der Waals surface area contributed by atoms with Crippen molar-refractivity contribution in [1.82, 2.24) is 5.32 Å². The second kappa shape index (κ2) is 8.92. The molecular weight excluding hydrogens is 390 g/mol. The number of para-hydroxylation sites is 1. The first-order valence-corrected chi connectivity index (χ1v) is 8.23. The average molecular weight is 409 g/mol. The molecule has 0 radical (unpaired) electrons. The minimum Gasteiger partial charge on any atom is -0.496 e. The van der Waals surface area contributed by atoms with Crippen LogP contribution in [0.3, 0.4) is 0 Å². The van der Waals surface area contributed by atoms with Gasteiger partial charge in [0, 0.05) is 22.1 Å². The summed E-state index contributed by atoms with van der Waals surface area (Å²) < 4.78 is 12.3. The third-order valence-electron chi connectivity index (χ3n) is 3.60. The molecule has 3 aromatic rings. The van der Waals surface area contributed by atoms with E-state index in [0.29, 0.717) is 6.54 Å². The highest BCUT2D eigenvalue weighted by molar-refractivity contribution is 9.10. The van der Waals surface area contributed by atoms with Crippen LogP contribution in [0.2, 0.25) is 0 Å². The standard InChI is InChI=1S/C19H18BrNO2.ClH/c1-22-18-5-3-2-4-15(18)12-21-13-17-10-11-19(23-17)14-6-8-16(20)9-7-14;/h2-11,21H,12-13H2,1H3;1H. The van der Waals surface area contributed by atoms with Crippen molar-refractivity contribution in [3.05, 3.63) is 76.5 Å². The molecule has 2 aromatic carbocycles. The van der Waals surface area contributed by atoms with E-state index >= 15 is 0 Å². The van der Waals surface area contributed by atoms with Crippen LogP contribution in [-0.4, -0.2) is 7.11 Å². The summed E-state index contributed by atoms with van der Waals surface area (Å²) in [5.74, 6) is 2.69. The second-order valence-electron chi connectivity index (χ2n) is 5.19. The van der Waals surface area contributed by atoms with Gasteiger partial charge in [0.05, 0.1) is 13.7 Å². The zero-order valence-electron chi connectivity index (χ0n) is 13.3. The average Bonchev–Trinajstić information content (AvgIpc) is 3.05. The molecule has 1 heterocycles. The molecule has 5 heteroatoms. The number of hydrogen-bond acceptors (Lipinski definition) is 3. The van der Waals surface area contributed by atoms with Gasteiger partial charge < -0.3 is 14.5 Å². The van der Waals surface area contributed by atoms with Crippen molar-refractivity contribution in [2.45, 2.75) is 13.1 Å². The molecular formula is C19H19BrClNO2. The number of rotatable bonds is 6. The van der Waals surface area contributed by atoms with E-state index in [2.05, 4.69) is 27.3 Å². The fourth-order valence-electron chi connectivity index (χ4n) is 2.41. The van der Waals surface area contributed by atoms with Gasteiger partial charge in [-0.2, -0.15) is 0 Å². The van der Waals surface area contributed by atoms with Gasteiger partial charge in [0.1, 0.15) is 17.3 Å². The predicted octanol–water partition coefficient (Wildman–Crippen LogP) is 5.43. The van der Waals surface area contributed by atoms with E-state index in [9.17, 15) is 0 Å². The topological polar surface area (TPSA) is 34.4 Å². The lowest BCUT2D eigenvalue weighted by Crippen LogP contribution is -2.12. The van der Waals surface area contributed by atoms with Crippen LogP contribution in [0.1, 0.15) is 11.3 Å². The molecule has 126 valence electrons. The number of methoxy groups -OCH3 is 1. The van der Waals surface area contributed by atoms with Crippen molar-refractivity contribution in [2.75, 3.05) is 7.11 Å². The van der Waals surface area contributed by atoms with Crippen molar-refractivity contribution >= 4 is 28.3 Å². The Morgan fingerprint density at radius 2 is 1.71 bits per heavy atom. The monoisotopic (exact) mass is 407 g/mol. The van der Waals surface area contributed by atoms with Gasteiger partial charge in [0.25, 0.3) is 0 Å². The summed E-state index contributed by atoms with van der Waals surface area (Å²) in [6.45, 7) is 1.41. The first-order valence-electron chi connectivity index (χ1n) is 7.43. The van der Waals surface area contributed by atoms with E-state index in [1.165, 1.54) is 0 Å². The predicted molar refractivity (Wildman–Crippen MR) is 103 cm³/mol. The molecule has 3 rings (SSSR count). The summed E-state index contributed by atoms with van der Waals surface area (Å²) in [5, 5.41) is 3.39. The molecule has 24 heavy (non-hydrogen) atoms. The van der Waals surface area contributed by atoms with Crippen LogP contribution in [0, 0.1) is 0 Å². The lowest BCUT2D eigenvalue weighted by atomic mass is 10.2. The normalized spacial score (nSPS) is 10.2. The Labute approximate surface area is 156 Å². The summed E-state index contributed by atoms with van der Waals surface area (Å²) in [5.41, 5.74) is 2.21. The molecule has 1 aromatic heterocycles. The van der Waals surface area contributed by atoms with Gasteiger partial charge in [-0.15, -0.1) is 12.4 Å². The van der Waals surface area contributed by atoms with Crippen LogP contribution in [-0.2, 0) is 13.1 Å². The Hall–Kier alpha value is -1.75. The van der Waals surface area contributed by atoms with E-state index in [1.807, 2.05) is 54.6 Å². The zero-order valence-corrected chi connectivity index (χ0v) is 15.7. The van der Waals surface area contributed by atoms with Gasteiger partial charge in [-0.05, 0) is 30.3 Å². The van der Waals surface area contributed by atoms with Crippen molar-refractivity contribution in [3.63, 3.8) is 0 Å². The molecule has 0 aliphatic carbocycles. The van der Waals surface area contributed by atoms with Gasteiger partial charge >= 0.3 is 0 Å². The van der Waals surface area contributed by atoms with E-state index in [0.717, 1.165) is 39.4 Å². The molecule has 0 bridgehead atoms. The number of nitrogens with one attached hydrogen (secondary N) is 1. The van der Waals surface area contributed by atoms with E-state index in [-0.39, 0.29) is 12.4 Å². The largest absolute Gasteiger partial charge is 0.496 e. The van der Waals surface area contributed by atoms with Gasteiger partial charge in [-0.25, -0.2) is 0 Å². The summed E-state index contributed by atoms with van der Waals surface area (Å²) in [6.07, 6.45) is 0. The Morgan fingerprint density at radius 3 is 2.46 bits per heavy atom. The third kappa shape index (κ3) is 4.63. The Morgan fingerprint density at radius 1 is 0.958 bits per heavy atom. The number of benzene rings is 2. The van der Waals surface area contributed by atoms with Crippen molar-refractivity contribution in [2.24, 2.45) is 0 Å². The minimum absolute atomic E-state index is 0. The summed E-state index contributed by atoms with van der Waals surface area (Å²) in [6, 6.07) is 20.1. The fraction of sp³-hybridized carbons (Fsp3) is 0.158. The summed E-state index contributed by atoms with van der Waals surface area (Å²) in [4.78, 5) is 0. The quantitative estimate of drug-likeness (QED) is 0.590. The molecule has 0 aliphatic rings. The highest BCUT2D eigenvalue weighted by atomic mass is 79.9. The fourth-order valence-corrected chi connectivity index (χ4v) is 2.68. The second-order valence-corrected chi connectivity index (χ2v) is 6.10. The van der Waals surface area contributed by atoms with Gasteiger partial charge in [0.15, 0.2) is 0 Å². The van der Waals surface area contributed by atoms with Crippen LogP contribution in [0.5, 0.6) is 5.75 Å². The Kier molecular flexibility index (Phi) is 6.91. The molecule has 3 nitrogen and oxygen atoms in total. The highest BCUT2D eigenvalue weighted by Crippen LogP contribution is 2.24.